The minimum absolute atomic E-state index is 0.613. The molecule has 0 radical (unpaired) electrons. The van der Waals surface area contributed by atoms with Gasteiger partial charge in [0, 0.05) is 36.2 Å². The van der Waals surface area contributed by atoms with Gasteiger partial charge < -0.3 is 14.6 Å². The lowest BCUT2D eigenvalue weighted by atomic mass is 9.90. The van der Waals surface area contributed by atoms with Gasteiger partial charge in [-0.3, -0.25) is 5.10 Å². The first-order chi connectivity index (χ1) is 17.3. The number of benzene rings is 2. The van der Waals surface area contributed by atoms with Gasteiger partial charge in [0.2, 0.25) is 5.95 Å². The molecule has 7 nitrogen and oxygen atoms in total. The summed E-state index contributed by atoms with van der Waals surface area (Å²) in [6, 6.07) is 20.9. The van der Waals surface area contributed by atoms with Gasteiger partial charge in [0.1, 0.15) is 11.1 Å². The lowest BCUT2D eigenvalue weighted by Crippen LogP contribution is -2.35. The summed E-state index contributed by atoms with van der Waals surface area (Å²) >= 11 is 0. The molecular weight excluding hydrogens is 436 g/mol. The summed E-state index contributed by atoms with van der Waals surface area (Å²) in [7, 11) is 0. The molecule has 1 saturated carbocycles. The normalized spacial score (nSPS) is 16.9. The highest BCUT2D eigenvalue weighted by atomic mass is 16.3. The first-order valence-corrected chi connectivity index (χ1v) is 12.6. The van der Waals surface area contributed by atoms with E-state index in [1.165, 1.54) is 24.1 Å². The molecule has 2 N–H and O–H groups in total. The fraction of sp³-hybridized carbons (Fsp3) is 0.321. The Bertz CT molecular complexity index is 1480. The van der Waals surface area contributed by atoms with Crippen molar-refractivity contribution >= 4 is 39.7 Å². The highest BCUT2D eigenvalue weighted by Crippen LogP contribution is 2.40. The van der Waals surface area contributed by atoms with Crippen LogP contribution in [0.4, 0.5) is 17.6 Å². The molecule has 0 atom stereocenters. The van der Waals surface area contributed by atoms with Crippen molar-refractivity contribution in [2.75, 3.05) is 23.3 Å². The highest BCUT2D eigenvalue weighted by Gasteiger charge is 2.27. The van der Waals surface area contributed by atoms with E-state index in [1.807, 2.05) is 18.2 Å². The van der Waals surface area contributed by atoms with E-state index in [0.29, 0.717) is 23.2 Å². The molecule has 7 rings (SSSR count). The van der Waals surface area contributed by atoms with Gasteiger partial charge in [-0.1, -0.05) is 42.5 Å². The van der Waals surface area contributed by atoms with Gasteiger partial charge in [-0.25, -0.2) is 4.98 Å². The molecule has 0 amide bonds. The van der Waals surface area contributed by atoms with E-state index in [9.17, 15) is 0 Å². The molecule has 5 aromatic rings. The molecule has 1 aliphatic heterocycles. The van der Waals surface area contributed by atoms with Crippen LogP contribution in [0.1, 0.15) is 42.9 Å². The van der Waals surface area contributed by atoms with Crippen LogP contribution in [0.15, 0.2) is 65.1 Å². The number of H-pyrrole nitrogens is 1. The Labute approximate surface area is 203 Å². The van der Waals surface area contributed by atoms with E-state index < -0.39 is 0 Å². The van der Waals surface area contributed by atoms with Crippen molar-refractivity contribution in [1.82, 2.24) is 20.2 Å². The standard InChI is InChI=1S/C28H28N6O/c1-2-6-18(7-3-1)16-19-12-14-34(15-13-19)28-30-25-21-8-4-5-9-23(21)35-26(25)27(31-28)29-24-17-22(32-33-24)20-10-11-20/h1-9,17,19-20H,10-16H2,(H2,29,30,31,32,33). The molecule has 2 aromatic carbocycles. The molecule has 1 saturated heterocycles. The second-order valence-electron chi connectivity index (χ2n) is 9.88. The van der Waals surface area contributed by atoms with Crippen LogP contribution in [-0.2, 0) is 6.42 Å². The van der Waals surface area contributed by atoms with Crippen molar-refractivity contribution in [1.29, 1.82) is 0 Å². The van der Waals surface area contributed by atoms with Crippen LogP contribution in [-0.4, -0.2) is 33.3 Å². The average Bonchev–Trinajstić information content (AvgIpc) is 3.53. The molecule has 1 aliphatic carbocycles. The SMILES string of the molecule is c1ccc(CC2CCN(c3nc(Nc4cc(C5CC5)[nH]n4)c4oc5ccccc5c4n3)CC2)cc1. The minimum Gasteiger partial charge on any atom is -0.450 e. The Balaban J connectivity index is 1.19. The molecule has 3 aromatic heterocycles. The number of nitrogens with zero attached hydrogens (tertiary/aromatic N) is 4. The fourth-order valence-corrected chi connectivity index (χ4v) is 5.22. The summed E-state index contributed by atoms with van der Waals surface area (Å²) in [6.45, 7) is 1.90. The number of para-hydroxylation sites is 1. The third kappa shape index (κ3) is 4.01. The van der Waals surface area contributed by atoms with Crippen LogP contribution in [0.25, 0.3) is 22.1 Å². The smallest absolute Gasteiger partial charge is 0.228 e. The van der Waals surface area contributed by atoms with Crippen molar-refractivity contribution in [2.45, 2.75) is 38.0 Å². The van der Waals surface area contributed by atoms with Crippen LogP contribution in [0.2, 0.25) is 0 Å². The number of aromatic amines is 1. The lowest BCUT2D eigenvalue weighted by Gasteiger charge is -2.32. The van der Waals surface area contributed by atoms with E-state index in [2.05, 4.69) is 62.9 Å². The van der Waals surface area contributed by atoms with Crippen molar-refractivity contribution in [2.24, 2.45) is 5.92 Å². The Morgan fingerprint density at radius 3 is 2.57 bits per heavy atom. The summed E-state index contributed by atoms with van der Waals surface area (Å²) in [5.41, 5.74) is 4.94. The third-order valence-corrected chi connectivity index (χ3v) is 7.33. The topological polar surface area (TPSA) is 82.9 Å². The zero-order chi connectivity index (χ0) is 23.2. The molecule has 4 heterocycles. The van der Waals surface area contributed by atoms with Crippen LogP contribution < -0.4 is 10.2 Å². The number of fused-ring (bicyclic) bond motifs is 3. The average molecular weight is 465 g/mol. The largest absolute Gasteiger partial charge is 0.450 e. The van der Waals surface area contributed by atoms with Crippen LogP contribution in [0.5, 0.6) is 0 Å². The predicted molar refractivity (Wildman–Crippen MR) is 138 cm³/mol. The number of anilines is 3. The van der Waals surface area contributed by atoms with Crippen molar-refractivity contribution in [3.8, 4) is 0 Å². The molecule has 0 unspecified atom stereocenters. The molecule has 2 fully saturated rings. The molecule has 7 heteroatoms. The summed E-state index contributed by atoms with van der Waals surface area (Å²) in [6.07, 6.45) is 5.86. The summed E-state index contributed by atoms with van der Waals surface area (Å²) < 4.78 is 6.20. The Kier molecular flexibility index (Phi) is 4.93. The number of hydrogen-bond acceptors (Lipinski definition) is 6. The quantitative estimate of drug-likeness (QED) is 0.312. The second kappa shape index (κ2) is 8.41. The summed E-state index contributed by atoms with van der Waals surface area (Å²) in [5.74, 6) is 3.49. The van der Waals surface area contributed by atoms with E-state index in [4.69, 9.17) is 14.4 Å². The molecule has 0 spiro atoms. The number of piperidine rings is 1. The lowest BCUT2D eigenvalue weighted by molar-refractivity contribution is 0.401. The molecule has 35 heavy (non-hydrogen) atoms. The summed E-state index contributed by atoms with van der Waals surface area (Å²) in [5, 5.41) is 12.1. The van der Waals surface area contributed by atoms with E-state index in [0.717, 1.165) is 60.6 Å². The fourth-order valence-electron chi connectivity index (χ4n) is 5.22. The number of furan rings is 1. The maximum Gasteiger partial charge on any atom is 0.228 e. The number of nitrogens with one attached hydrogen (secondary N) is 2. The molecule has 0 bridgehead atoms. The summed E-state index contributed by atoms with van der Waals surface area (Å²) in [4.78, 5) is 12.3. The van der Waals surface area contributed by atoms with Crippen LogP contribution in [0.3, 0.4) is 0 Å². The van der Waals surface area contributed by atoms with E-state index in [-0.39, 0.29) is 0 Å². The molecular formula is C28H28N6O. The van der Waals surface area contributed by atoms with Gasteiger partial charge in [-0.2, -0.15) is 10.1 Å². The van der Waals surface area contributed by atoms with Gasteiger partial charge in [-0.05, 0) is 55.7 Å². The Morgan fingerprint density at radius 1 is 0.943 bits per heavy atom. The van der Waals surface area contributed by atoms with Gasteiger partial charge in [0.15, 0.2) is 17.2 Å². The highest BCUT2D eigenvalue weighted by molar-refractivity contribution is 6.06. The number of aromatic nitrogens is 4. The maximum atomic E-state index is 6.20. The van der Waals surface area contributed by atoms with Gasteiger partial charge in [-0.15, -0.1) is 0 Å². The monoisotopic (exact) mass is 464 g/mol. The van der Waals surface area contributed by atoms with Crippen molar-refractivity contribution < 1.29 is 4.42 Å². The zero-order valence-electron chi connectivity index (χ0n) is 19.6. The number of rotatable bonds is 6. The zero-order valence-corrected chi connectivity index (χ0v) is 19.6. The second-order valence-corrected chi connectivity index (χ2v) is 9.88. The maximum absolute atomic E-state index is 6.20. The minimum atomic E-state index is 0.613. The van der Waals surface area contributed by atoms with Crippen molar-refractivity contribution in [3.05, 3.63) is 71.9 Å². The van der Waals surface area contributed by atoms with Gasteiger partial charge >= 0.3 is 0 Å². The molecule has 2 aliphatic rings. The van der Waals surface area contributed by atoms with Gasteiger partial charge in [0.25, 0.3) is 0 Å². The van der Waals surface area contributed by atoms with Crippen LogP contribution >= 0.6 is 0 Å². The van der Waals surface area contributed by atoms with Crippen LogP contribution in [0, 0.1) is 5.92 Å². The first kappa shape index (κ1) is 20.5. The Hall–Kier alpha value is -3.87. The predicted octanol–water partition coefficient (Wildman–Crippen LogP) is 6.18. The first-order valence-electron chi connectivity index (χ1n) is 12.6. The van der Waals surface area contributed by atoms with E-state index >= 15 is 0 Å². The molecule has 176 valence electrons. The van der Waals surface area contributed by atoms with Crippen molar-refractivity contribution in [3.63, 3.8) is 0 Å². The van der Waals surface area contributed by atoms with E-state index in [1.54, 1.807) is 0 Å². The number of hydrogen-bond donors (Lipinski definition) is 2. The third-order valence-electron chi connectivity index (χ3n) is 7.33. The Morgan fingerprint density at radius 2 is 1.74 bits per heavy atom. The van der Waals surface area contributed by atoms with Gasteiger partial charge in [0.05, 0.1) is 0 Å².